The smallest absolute Gasteiger partial charge is 0.0945 e. The van der Waals surface area contributed by atoms with Gasteiger partial charge in [-0.3, -0.25) is 0 Å². The second-order valence-corrected chi connectivity index (χ2v) is 7.46. The van der Waals surface area contributed by atoms with Crippen LogP contribution in [0.5, 0.6) is 0 Å². The maximum Gasteiger partial charge on any atom is 0.0945 e. The van der Waals surface area contributed by atoms with Gasteiger partial charge in [-0.15, -0.1) is 6.58 Å². The van der Waals surface area contributed by atoms with Crippen LogP contribution in [0.2, 0.25) is 5.02 Å². The molecule has 0 aliphatic heterocycles. The van der Waals surface area contributed by atoms with Gasteiger partial charge in [0.25, 0.3) is 0 Å². The Balaban J connectivity index is 2.01. The number of halogens is 1. The quantitative estimate of drug-likeness (QED) is 0.593. The summed E-state index contributed by atoms with van der Waals surface area (Å²) in [6.07, 6.45) is 4.45. The molecule has 1 aliphatic carbocycles. The van der Waals surface area contributed by atoms with Crippen LogP contribution < -0.4 is 5.32 Å². The fraction of sp³-hybridized carbons (Fsp3) is 0.304. The molecule has 2 aromatic rings. The minimum Gasteiger partial charge on any atom is -0.362 e. The normalized spacial score (nSPS) is 15.8. The summed E-state index contributed by atoms with van der Waals surface area (Å²) in [6, 6.07) is 16.7. The van der Waals surface area contributed by atoms with Crippen LogP contribution in [-0.4, -0.2) is 18.5 Å². The van der Waals surface area contributed by atoms with E-state index in [-0.39, 0.29) is 5.54 Å². The zero-order valence-corrected chi connectivity index (χ0v) is 16.4. The first-order chi connectivity index (χ1) is 12.5. The summed E-state index contributed by atoms with van der Waals surface area (Å²) < 4.78 is 0. The zero-order valence-electron chi connectivity index (χ0n) is 15.6. The van der Waals surface area contributed by atoms with Crippen molar-refractivity contribution in [2.45, 2.75) is 25.3 Å². The van der Waals surface area contributed by atoms with E-state index in [9.17, 15) is 0 Å². The first-order valence-corrected chi connectivity index (χ1v) is 9.56. The summed E-state index contributed by atoms with van der Waals surface area (Å²) in [4.78, 5) is 2.13. The summed E-state index contributed by atoms with van der Waals surface area (Å²) in [6.45, 7) is 11.5. The molecule has 3 heteroatoms. The molecule has 3 rings (SSSR count). The number of hydrogen-bond acceptors (Lipinski definition) is 2. The molecule has 1 saturated carbocycles. The van der Waals surface area contributed by atoms with E-state index in [1.54, 1.807) is 0 Å². The number of hydrogen-bond donors (Lipinski definition) is 1. The Morgan fingerprint density at radius 2 is 1.88 bits per heavy atom. The van der Waals surface area contributed by atoms with Gasteiger partial charge in [-0.05, 0) is 60.6 Å². The summed E-state index contributed by atoms with van der Waals surface area (Å²) >= 11 is 6.19. The van der Waals surface area contributed by atoms with Crippen molar-refractivity contribution in [3.05, 3.63) is 84.2 Å². The van der Waals surface area contributed by atoms with E-state index in [4.69, 9.17) is 11.6 Å². The molecule has 0 saturated heterocycles. The predicted molar refractivity (Wildman–Crippen MR) is 112 cm³/mol. The number of benzene rings is 2. The largest absolute Gasteiger partial charge is 0.362 e. The SMILES string of the molecule is C=CC(NC(=C)N(C)CC)(c1cccc(-c2cccc(Cl)c2)c1)C1CC1. The fourth-order valence-corrected chi connectivity index (χ4v) is 3.62. The van der Waals surface area contributed by atoms with Crippen molar-refractivity contribution in [3.8, 4) is 11.1 Å². The molecular formula is C23H27ClN2. The van der Waals surface area contributed by atoms with Gasteiger partial charge in [0.1, 0.15) is 0 Å². The van der Waals surface area contributed by atoms with Gasteiger partial charge in [0, 0.05) is 18.6 Å². The van der Waals surface area contributed by atoms with E-state index in [2.05, 4.69) is 73.8 Å². The molecule has 1 fully saturated rings. The van der Waals surface area contributed by atoms with Crippen molar-refractivity contribution in [3.63, 3.8) is 0 Å². The van der Waals surface area contributed by atoms with Crippen LogP contribution >= 0.6 is 11.6 Å². The summed E-state index contributed by atoms with van der Waals surface area (Å²) in [5.41, 5.74) is 3.21. The van der Waals surface area contributed by atoms with Crippen LogP contribution in [0.15, 0.2) is 73.6 Å². The van der Waals surface area contributed by atoms with Gasteiger partial charge in [0.2, 0.25) is 0 Å². The monoisotopic (exact) mass is 366 g/mol. The third-order valence-electron chi connectivity index (χ3n) is 5.33. The summed E-state index contributed by atoms with van der Waals surface area (Å²) in [5, 5.41) is 4.44. The molecule has 136 valence electrons. The molecule has 0 heterocycles. The molecule has 26 heavy (non-hydrogen) atoms. The highest BCUT2D eigenvalue weighted by Gasteiger charge is 2.45. The van der Waals surface area contributed by atoms with E-state index in [1.807, 2.05) is 18.2 Å². The Kier molecular flexibility index (Phi) is 5.43. The van der Waals surface area contributed by atoms with Gasteiger partial charge >= 0.3 is 0 Å². The highest BCUT2D eigenvalue weighted by atomic mass is 35.5. The van der Waals surface area contributed by atoms with E-state index in [0.29, 0.717) is 5.92 Å². The molecule has 0 amide bonds. The third kappa shape index (κ3) is 3.66. The fourth-order valence-electron chi connectivity index (χ4n) is 3.43. The molecule has 0 bridgehead atoms. The van der Waals surface area contributed by atoms with Crippen molar-refractivity contribution in [1.29, 1.82) is 0 Å². The maximum atomic E-state index is 6.19. The maximum absolute atomic E-state index is 6.19. The number of nitrogens with zero attached hydrogens (tertiary/aromatic N) is 1. The van der Waals surface area contributed by atoms with E-state index < -0.39 is 0 Å². The van der Waals surface area contributed by atoms with Gasteiger partial charge in [-0.1, -0.05) is 54.6 Å². The number of nitrogens with one attached hydrogen (secondary N) is 1. The average molecular weight is 367 g/mol. The van der Waals surface area contributed by atoms with E-state index in [0.717, 1.165) is 28.5 Å². The molecule has 1 N–H and O–H groups in total. The second-order valence-electron chi connectivity index (χ2n) is 7.02. The Hall–Kier alpha value is -2.19. The summed E-state index contributed by atoms with van der Waals surface area (Å²) in [5.74, 6) is 1.46. The molecule has 2 aromatic carbocycles. The lowest BCUT2D eigenvalue weighted by molar-refractivity contribution is 0.320. The molecule has 2 nitrogen and oxygen atoms in total. The molecular weight excluding hydrogens is 340 g/mol. The molecule has 0 spiro atoms. The van der Waals surface area contributed by atoms with Crippen molar-refractivity contribution in [1.82, 2.24) is 10.2 Å². The predicted octanol–water partition coefficient (Wildman–Crippen LogP) is 5.81. The van der Waals surface area contributed by atoms with Crippen LogP contribution in [0.4, 0.5) is 0 Å². The first-order valence-electron chi connectivity index (χ1n) is 9.18. The highest BCUT2D eigenvalue weighted by Crippen LogP contribution is 2.47. The van der Waals surface area contributed by atoms with Crippen LogP contribution in [0.1, 0.15) is 25.3 Å². The zero-order chi connectivity index (χ0) is 18.7. The van der Waals surface area contributed by atoms with Gasteiger partial charge in [0.05, 0.1) is 11.4 Å². The highest BCUT2D eigenvalue weighted by molar-refractivity contribution is 6.30. The van der Waals surface area contributed by atoms with E-state index in [1.165, 1.54) is 18.4 Å². The lowest BCUT2D eigenvalue weighted by Crippen LogP contribution is -2.45. The van der Waals surface area contributed by atoms with Crippen LogP contribution in [0, 0.1) is 5.92 Å². The van der Waals surface area contributed by atoms with Gasteiger partial charge < -0.3 is 10.2 Å². The molecule has 1 atom stereocenters. The minimum atomic E-state index is -0.297. The van der Waals surface area contributed by atoms with E-state index >= 15 is 0 Å². The second kappa shape index (κ2) is 7.59. The summed E-state index contributed by atoms with van der Waals surface area (Å²) in [7, 11) is 2.05. The molecule has 1 aliphatic rings. The van der Waals surface area contributed by atoms with Crippen LogP contribution in [0.25, 0.3) is 11.1 Å². The van der Waals surface area contributed by atoms with Gasteiger partial charge in [-0.2, -0.15) is 0 Å². The average Bonchev–Trinajstić information content (AvgIpc) is 3.51. The standard InChI is InChI=1S/C23H27ClN2/c1-5-23(20-13-14-20,25-17(3)26(4)6-2)21-11-7-9-18(15-21)19-10-8-12-22(24)16-19/h5,7-12,15-16,20,25H,1,3,6,13-14H2,2,4H3. The Labute approximate surface area is 162 Å². The van der Waals surface area contributed by atoms with Crippen LogP contribution in [0.3, 0.4) is 0 Å². The Bertz CT molecular complexity index is 809. The first kappa shape index (κ1) is 18.6. The molecule has 1 unspecified atom stereocenters. The van der Waals surface area contributed by atoms with Crippen molar-refractivity contribution in [2.24, 2.45) is 5.92 Å². The number of rotatable bonds is 8. The molecule has 0 aromatic heterocycles. The Morgan fingerprint density at radius 3 is 2.46 bits per heavy atom. The van der Waals surface area contributed by atoms with Gasteiger partial charge in [0.15, 0.2) is 0 Å². The van der Waals surface area contributed by atoms with Crippen molar-refractivity contribution < 1.29 is 0 Å². The van der Waals surface area contributed by atoms with Crippen molar-refractivity contribution >= 4 is 11.6 Å². The van der Waals surface area contributed by atoms with Gasteiger partial charge in [-0.25, -0.2) is 0 Å². The minimum absolute atomic E-state index is 0.297. The van der Waals surface area contributed by atoms with Crippen molar-refractivity contribution in [2.75, 3.05) is 13.6 Å². The lowest BCUT2D eigenvalue weighted by atomic mass is 9.83. The lowest BCUT2D eigenvalue weighted by Gasteiger charge is -2.37. The third-order valence-corrected chi connectivity index (χ3v) is 5.56. The Morgan fingerprint density at radius 1 is 1.23 bits per heavy atom. The molecule has 0 radical (unpaired) electrons. The van der Waals surface area contributed by atoms with Crippen LogP contribution in [-0.2, 0) is 5.54 Å². The topological polar surface area (TPSA) is 15.3 Å².